The van der Waals surface area contributed by atoms with Gasteiger partial charge in [-0.15, -0.1) is 0 Å². The number of nitriles is 1. The van der Waals surface area contributed by atoms with Crippen molar-refractivity contribution in [3.8, 4) is 17.6 Å². The summed E-state index contributed by atoms with van der Waals surface area (Å²) in [4.78, 5) is 12.0. The van der Waals surface area contributed by atoms with Crippen molar-refractivity contribution in [1.29, 1.82) is 5.26 Å². The summed E-state index contributed by atoms with van der Waals surface area (Å²) in [6, 6.07) is 7.15. The second kappa shape index (κ2) is 9.31. The van der Waals surface area contributed by atoms with E-state index in [0.717, 1.165) is 6.42 Å². The fraction of sp³-hybridized carbons (Fsp3) is 0.333. The van der Waals surface area contributed by atoms with Gasteiger partial charge in [0.05, 0.1) is 7.11 Å². The highest BCUT2D eigenvalue weighted by molar-refractivity contribution is 6.01. The molecule has 0 aliphatic heterocycles. The number of hydrogen-bond donors (Lipinski definition) is 1. The van der Waals surface area contributed by atoms with E-state index in [-0.39, 0.29) is 17.5 Å². The van der Waals surface area contributed by atoms with Crippen LogP contribution in [0.25, 0.3) is 6.08 Å². The first kappa shape index (κ1) is 18.3. The molecule has 0 heterocycles. The minimum absolute atomic E-state index is 0.0171. The second-order valence-corrected chi connectivity index (χ2v) is 4.96. The van der Waals surface area contributed by atoms with Gasteiger partial charge in [-0.25, -0.2) is 0 Å². The molecule has 23 heavy (non-hydrogen) atoms. The average Bonchev–Trinajstić information content (AvgIpc) is 2.57. The molecule has 0 fully saturated rings. The summed E-state index contributed by atoms with van der Waals surface area (Å²) in [5.41, 5.74) is 0.732. The molecule has 1 aromatic carbocycles. The number of nitrogens with zero attached hydrogens (tertiary/aromatic N) is 1. The Morgan fingerprint density at radius 3 is 2.78 bits per heavy atom. The number of ether oxygens (including phenoxy) is 2. The van der Waals surface area contributed by atoms with Gasteiger partial charge in [-0.3, -0.25) is 4.79 Å². The largest absolute Gasteiger partial charge is 0.493 e. The zero-order chi connectivity index (χ0) is 17.2. The van der Waals surface area contributed by atoms with Crippen LogP contribution in [-0.4, -0.2) is 25.7 Å². The molecule has 1 rings (SSSR count). The molecular weight excluding hydrogens is 292 g/mol. The molecule has 0 saturated carbocycles. The molecular formula is C18H22N2O3. The maximum atomic E-state index is 12.0. The maximum absolute atomic E-state index is 12.0. The minimum Gasteiger partial charge on any atom is -0.493 e. The Morgan fingerprint density at radius 1 is 1.48 bits per heavy atom. The minimum atomic E-state index is -0.382. The molecule has 0 saturated heterocycles. The van der Waals surface area contributed by atoms with Crippen molar-refractivity contribution >= 4 is 12.0 Å². The SMILES string of the molecule is C=CCOc1ccc(/C=C(\C#N)C(=O)N[C@H](C)CC)cc1OC. The van der Waals surface area contributed by atoms with E-state index in [1.165, 1.54) is 13.2 Å². The molecule has 1 amide bonds. The number of benzene rings is 1. The van der Waals surface area contributed by atoms with Crippen LogP contribution < -0.4 is 14.8 Å². The molecule has 5 heteroatoms. The highest BCUT2D eigenvalue weighted by Crippen LogP contribution is 2.29. The summed E-state index contributed by atoms with van der Waals surface area (Å²) in [5, 5.41) is 12.0. The Labute approximate surface area is 137 Å². The first-order valence-electron chi connectivity index (χ1n) is 7.40. The zero-order valence-electron chi connectivity index (χ0n) is 13.8. The third-order valence-corrected chi connectivity index (χ3v) is 3.21. The van der Waals surface area contributed by atoms with E-state index in [1.807, 2.05) is 19.9 Å². The van der Waals surface area contributed by atoms with Crippen LogP contribution >= 0.6 is 0 Å². The molecule has 0 unspecified atom stereocenters. The van der Waals surface area contributed by atoms with Crippen LogP contribution in [0.15, 0.2) is 36.4 Å². The van der Waals surface area contributed by atoms with Crippen LogP contribution in [0.2, 0.25) is 0 Å². The molecule has 1 N–H and O–H groups in total. The standard InChI is InChI=1S/C18H22N2O3/c1-5-9-23-16-8-7-14(11-17(16)22-4)10-15(12-19)18(21)20-13(3)6-2/h5,7-8,10-11,13H,1,6,9H2,2-4H3,(H,20,21)/b15-10+/t13-/m1/s1. The summed E-state index contributed by atoms with van der Waals surface area (Å²) in [6.45, 7) is 7.82. The smallest absolute Gasteiger partial charge is 0.262 e. The van der Waals surface area contributed by atoms with Gasteiger partial charge in [0.25, 0.3) is 5.91 Å². The molecule has 1 atom stereocenters. The van der Waals surface area contributed by atoms with Gasteiger partial charge in [-0.1, -0.05) is 25.6 Å². The van der Waals surface area contributed by atoms with Crippen molar-refractivity contribution in [1.82, 2.24) is 5.32 Å². The van der Waals surface area contributed by atoms with Crippen molar-refractivity contribution in [3.63, 3.8) is 0 Å². The van der Waals surface area contributed by atoms with E-state index < -0.39 is 0 Å². The second-order valence-electron chi connectivity index (χ2n) is 4.96. The lowest BCUT2D eigenvalue weighted by atomic mass is 10.1. The van der Waals surface area contributed by atoms with Gasteiger partial charge in [0, 0.05) is 6.04 Å². The molecule has 0 aliphatic rings. The lowest BCUT2D eigenvalue weighted by molar-refractivity contribution is -0.117. The van der Waals surface area contributed by atoms with Crippen LogP contribution in [0.5, 0.6) is 11.5 Å². The Kier molecular flexibility index (Phi) is 7.41. The number of nitrogens with one attached hydrogen (secondary N) is 1. The molecule has 5 nitrogen and oxygen atoms in total. The van der Waals surface area contributed by atoms with E-state index in [1.54, 1.807) is 24.3 Å². The Balaban J connectivity index is 3.02. The number of methoxy groups -OCH3 is 1. The fourth-order valence-electron chi connectivity index (χ4n) is 1.76. The molecule has 0 bridgehead atoms. The number of hydrogen-bond acceptors (Lipinski definition) is 4. The quantitative estimate of drug-likeness (QED) is 0.455. The van der Waals surface area contributed by atoms with E-state index in [9.17, 15) is 10.1 Å². The van der Waals surface area contributed by atoms with Crippen LogP contribution in [0, 0.1) is 11.3 Å². The third kappa shape index (κ3) is 5.51. The Hall–Kier alpha value is -2.74. The van der Waals surface area contributed by atoms with Crippen molar-refractivity contribution in [3.05, 3.63) is 42.0 Å². The Morgan fingerprint density at radius 2 is 2.22 bits per heavy atom. The van der Waals surface area contributed by atoms with Gasteiger partial charge in [-0.05, 0) is 37.1 Å². The number of carbonyl (C=O) groups excluding carboxylic acids is 1. The first-order chi connectivity index (χ1) is 11.0. The van der Waals surface area contributed by atoms with Crippen LogP contribution in [0.4, 0.5) is 0 Å². The van der Waals surface area contributed by atoms with E-state index in [0.29, 0.717) is 23.7 Å². The maximum Gasteiger partial charge on any atom is 0.262 e. The van der Waals surface area contributed by atoms with Gasteiger partial charge >= 0.3 is 0 Å². The van der Waals surface area contributed by atoms with Crippen LogP contribution in [-0.2, 0) is 4.79 Å². The number of rotatable bonds is 8. The molecule has 0 spiro atoms. The predicted molar refractivity (Wildman–Crippen MR) is 90.2 cm³/mol. The van der Waals surface area contributed by atoms with Crippen LogP contribution in [0.1, 0.15) is 25.8 Å². The summed E-state index contributed by atoms with van der Waals surface area (Å²) in [5.74, 6) is 0.722. The zero-order valence-corrected chi connectivity index (χ0v) is 13.8. The topological polar surface area (TPSA) is 71.3 Å². The normalized spacial score (nSPS) is 12.0. The number of carbonyl (C=O) groups is 1. The summed E-state index contributed by atoms with van der Waals surface area (Å²) < 4.78 is 10.7. The molecule has 0 aliphatic carbocycles. The predicted octanol–water partition coefficient (Wildman–Crippen LogP) is 3.08. The molecule has 1 aromatic rings. The molecule has 122 valence electrons. The van der Waals surface area contributed by atoms with E-state index in [4.69, 9.17) is 9.47 Å². The molecule has 0 radical (unpaired) electrons. The lowest BCUT2D eigenvalue weighted by Crippen LogP contribution is -2.32. The van der Waals surface area contributed by atoms with Crippen molar-refractivity contribution < 1.29 is 14.3 Å². The van der Waals surface area contributed by atoms with Gasteiger partial charge in [0.1, 0.15) is 18.2 Å². The first-order valence-corrected chi connectivity index (χ1v) is 7.40. The van der Waals surface area contributed by atoms with Crippen molar-refractivity contribution in [2.45, 2.75) is 26.3 Å². The molecule has 0 aromatic heterocycles. The number of amides is 1. The van der Waals surface area contributed by atoms with Crippen molar-refractivity contribution in [2.75, 3.05) is 13.7 Å². The lowest BCUT2D eigenvalue weighted by Gasteiger charge is -2.11. The fourth-order valence-corrected chi connectivity index (χ4v) is 1.76. The summed E-state index contributed by atoms with van der Waals surface area (Å²) in [6.07, 6.45) is 3.96. The van der Waals surface area contributed by atoms with E-state index >= 15 is 0 Å². The van der Waals surface area contributed by atoms with E-state index in [2.05, 4.69) is 11.9 Å². The van der Waals surface area contributed by atoms with Gasteiger partial charge in [0.2, 0.25) is 0 Å². The van der Waals surface area contributed by atoms with Gasteiger partial charge in [-0.2, -0.15) is 5.26 Å². The summed E-state index contributed by atoms with van der Waals surface area (Å²) in [7, 11) is 1.53. The van der Waals surface area contributed by atoms with Gasteiger partial charge in [0.15, 0.2) is 11.5 Å². The Bertz CT molecular complexity index is 630. The third-order valence-electron chi connectivity index (χ3n) is 3.21. The summed E-state index contributed by atoms with van der Waals surface area (Å²) >= 11 is 0. The highest BCUT2D eigenvalue weighted by atomic mass is 16.5. The monoisotopic (exact) mass is 314 g/mol. The average molecular weight is 314 g/mol. The van der Waals surface area contributed by atoms with Crippen molar-refractivity contribution in [2.24, 2.45) is 0 Å². The van der Waals surface area contributed by atoms with Gasteiger partial charge < -0.3 is 14.8 Å². The highest BCUT2D eigenvalue weighted by Gasteiger charge is 2.12. The van der Waals surface area contributed by atoms with Crippen LogP contribution in [0.3, 0.4) is 0 Å².